The molecule has 0 radical (unpaired) electrons. The Kier molecular flexibility index (Phi) is 5.87. The first-order chi connectivity index (χ1) is 8.10. The van der Waals surface area contributed by atoms with Crippen molar-refractivity contribution >= 4 is 6.29 Å². The molecule has 1 rings (SSSR count). The average Bonchev–Trinajstić information content (AvgIpc) is 2.32. The first-order valence-corrected chi connectivity index (χ1v) is 6.84. The SMILES string of the molecule is CCCCC[C@@H](F)[C@H]1CC(C)=C(C)C[C@@H]1C=O. The zero-order chi connectivity index (χ0) is 12.8. The van der Waals surface area contributed by atoms with Gasteiger partial charge in [-0.25, -0.2) is 4.39 Å². The molecule has 0 bridgehead atoms. The molecule has 17 heavy (non-hydrogen) atoms. The Labute approximate surface area is 104 Å². The van der Waals surface area contributed by atoms with Gasteiger partial charge in [0.05, 0.1) is 0 Å². The Balaban J connectivity index is 2.58. The molecule has 0 aromatic rings. The molecule has 0 saturated heterocycles. The number of alkyl halides is 1. The number of carbonyl (C=O) groups is 1. The molecule has 2 heteroatoms. The quantitative estimate of drug-likeness (QED) is 0.380. The number of hydrogen-bond donors (Lipinski definition) is 0. The van der Waals surface area contributed by atoms with Crippen molar-refractivity contribution in [3.63, 3.8) is 0 Å². The molecule has 0 unspecified atom stereocenters. The van der Waals surface area contributed by atoms with Crippen molar-refractivity contribution in [2.45, 2.75) is 65.5 Å². The number of aldehydes is 1. The molecule has 1 aliphatic carbocycles. The molecular formula is C15H25FO. The van der Waals surface area contributed by atoms with E-state index < -0.39 is 6.17 Å². The lowest BCUT2D eigenvalue weighted by atomic mass is 9.74. The number of halogens is 1. The maximum Gasteiger partial charge on any atom is 0.123 e. The molecule has 1 nitrogen and oxygen atoms in total. The van der Waals surface area contributed by atoms with E-state index in [0.717, 1.165) is 38.4 Å². The fraction of sp³-hybridized carbons (Fsp3) is 0.800. The number of rotatable bonds is 6. The highest BCUT2D eigenvalue weighted by atomic mass is 19.1. The summed E-state index contributed by atoms with van der Waals surface area (Å²) in [6, 6.07) is 0. The molecule has 0 heterocycles. The Morgan fingerprint density at radius 2 is 1.94 bits per heavy atom. The topological polar surface area (TPSA) is 17.1 Å². The molecule has 0 aromatic carbocycles. The van der Waals surface area contributed by atoms with E-state index in [2.05, 4.69) is 20.8 Å². The van der Waals surface area contributed by atoms with Gasteiger partial charge in [-0.3, -0.25) is 0 Å². The van der Waals surface area contributed by atoms with Gasteiger partial charge in [0.15, 0.2) is 0 Å². The highest BCUT2D eigenvalue weighted by Gasteiger charge is 2.32. The molecule has 0 amide bonds. The zero-order valence-electron chi connectivity index (χ0n) is 11.3. The first-order valence-electron chi connectivity index (χ1n) is 6.84. The van der Waals surface area contributed by atoms with Gasteiger partial charge < -0.3 is 4.79 Å². The fourth-order valence-corrected chi connectivity index (χ4v) is 2.71. The van der Waals surface area contributed by atoms with E-state index in [1.54, 1.807) is 0 Å². The molecule has 0 aromatic heterocycles. The van der Waals surface area contributed by atoms with Crippen LogP contribution >= 0.6 is 0 Å². The zero-order valence-corrected chi connectivity index (χ0v) is 11.3. The molecule has 3 atom stereocenters. The number of hydrogen-bond acceptors (Lipinski definition) is 1. The summed E-state index contributed by atoms with van der Waals surface area (Å²) in [6.45, 7) is 6.26. The third-order valence-corrected chi connectivity index (χ3v) is 4.09. The monoisotopic (exact) mass is 240 g/mol. The second kappa shape index (κ2) is 6.93. The Hall–Kier alpha value is -0.660. The third-order valence-electron chi connectivity index (χ3n) is 4.09. The van der Waals surface area contributed by atoms with Crippen LogP contribution in [0.3, 0.4) is 0 Å². The van der Waals surface area contributed by atoms with E-state index in [4.69, 9.17) is 0 Å². The highest BCUT2D eigenvalue weighted by molar-refractivity contribution is 5.56. The number of allylic oxidation sites excluding steroid dienone is 2. The van der Waals surface area contributed by atoms with Gasteiger partial charge in [0, 0.05) is 11.8 Å². The van der Waals surface area contributed by atoms with E-state index in [9.17, 15) is 9.18 Å². The van der Waals surface area contributed by atoms with Crippen molar-refractivity contribution in [3.05, 3.63) is 11.1 Å². The molecule has 1 aliphatic rings. The molecule has 0 saturated carbocycles. The minimum Gasteiger partial charge on any atom is -0.303 e. The van der Waals surface area contributed by atoms with Gasteiger partial charge in [0.25, 0.3) is 0 Å². The van der Waals surface area contributed by atoms with Gasteiger partial charge in [0.1, 0.15) is 12.5 Å². The van der Waals surface area contributed by atoms with Crippen molar-refractivity contribution in [1.29, 1.82) is 0 Å². The lowest BCUT2D eigenvalue weighted by Crippen LogP contribution is -2.29. The molecule has 0 N–H and O–H groups in total. The van der Waals surface area contributed by atoms with Crippen molar-refractivity contribution in [1.82, 2.24) is 0 Å². The van der Waals surface area contributed by atoms with Crippen molar-refractivity contribution in [2.24, 2.45) is 11.8 Å². The van der Waals surface area contributed by atoms with Crippen LogP contribution < -0.4 is 0 Å². The Bertz CT molecular complexity index is 283. The average molecular weight is 240 g/mol. The minimum atomic E-state index is -0.806. The summed E-state index contributed by atoms with van der Waals surface area (Å²) >= 11 is 0. The van der Waals surface area contributed by atoms with Crippen molar-refractivity contribution < 1.29 is 9.18 Å². The Morgan fingerprint density at radius 1 is 1.29 bits per heavy atom. The first kappa shape index (κ1) is 14.4. The molecule has 0 aliphatic heterocycles. The summed E-state index contributed by atoms with van der Waals surface area (Å²) < 4.78 is 14.2. The second-order valence-corrected chi connectivity index (χ2v) is 5.44. The van der Waals surface area contributed by atoms with E-state index in [1.807, 2.05) is 0 Å². The van der Waals surface area contributed by atoms with Crippen LogP contribution in [0.25, 0.3) is 0 Å². The lowest BCUT2D eigenvalue weighted by molar-refractivity contribution is -0.113. The van der Waals surface area contributed by atoms with Crippen LogP contribution in [0.15, 0.2) is 11.1 Å². The summed E-state index contributed by atoms with van der Waals surface area (Å²) in [7, 11) is 0. The summed E-state index contributed by atoms with van der Waals surface area (Å²) in [5.41, 5.74) is 2.56. The van der Waals surface area contributed by atoms with E-state index in [0.29, 0.717) is 6.42 Å². The third kappa shape index (κ3) is 3.93. The van der Waals surface area contributed by atoms with Crippen LogP contribution in [0, 0.1) is 11.8 Å². The van der Waals surface area contributed by atoms with Gasteiger partial charge in [-0.2, -0.15) is 0 Å². The summed E-state index contributed by atoms with van der Waals surface area (Å²) in [6.07, 6.45) is 5.46. The maximum absolute atomic E-state index is 14.2. The smallest absolute Gasteiger partial charge is 0.123 e. The van der Waals surface area contributed by atoms with Gasteiger partial charge in [-0.1, -0.05) is 37.3 Å². The second-order valence-electron chi connectivity index (χ2n) is 5.44. The van der Waals surface area contributed by atoms with E-state index in [1.165, 1.54) is 11.1 Å². The standard InChI is InChI=1S/C15H25FO/c1-4-5-6-7-15(16)14-9-12(3)11(2)8-13(14)10-17/h10,13-15H,4-9H2,1-3H3/t13-,14+,15-/m1/s1. The fourth-order valence-electron chi connectivity index (χ4n) is 2.71. The largest absolute Gasteiger partial charge is 0.303 e. The minimum absolute atomic E-state index is 0.0759. The lowest BCUT2D eigenvalue weighted by Gasteiger charge is -2.32. The van der Waals surface area contributed by atoms with Gasteiger partial charge in [0.2, 0.25) is 0 Å². The van der Waals surface area contributed by atoms with Gasteiger partial charge in [-0.05, 0) is 33.1 Å². The van der Waals surface area contributed by atoms with Gasteiger partial charge >= 0.3 is 0 Å². The number of carbonyl (C=O) groups excluding carboxylic acids is 1. The van der Waals surface area contributed by atoms with Gasteiger partial charge in [-0.15, -0.1) is 0 Å². The highest BCUT2D eigenvalue weighted by Crippen LogP contribution is 2.37. The van der Waals surface area contributed by atoms with Crippen LogP contribution in [0.4, 0.5) is 4.39 Å². The number of unbranched alkanes of at least 4 members (excludes halogenated alkanes) is 2. The normalized spacial score (nSPS) is 27.1. The summed E-state index contributed by atoms with van der Waals surface area (Å²) in [5, 5.41) is 0. The summed E-state index contributed by atoms with van der Waals surface area (Å²) in [5.74, 6) is -0.177. The van der Waals surface area contributed by atoms with Crippen LogP contribution in [0.2, 0.25) is 0 Å². The van der Waals surface area contributed by atoms with Crippen LogP contribution in [-0.2, 0) is 4.79 Å². The molecule has 0 fully saturated rings. The molecule has 0 spiro atoms. The van der Waals surface area contributed by atoms with E-state index in [-0.39, 0.29) is 11.8 Å². The van der Waals surface area contributed by atoms with E-state index >= 15 is 0 Å². The molecule has 98 valence electrons. The van der Waals surface area contributed by atoms with Crippen molar-refractivity contribution in [2.75, 3.05) is 0 Å². The van der Waals surface area contributed by atoms with Crippen LogP contribution in [-0.4, -0.2) is 12.5 Å². The molecular weight excluding hydrogens is 215 g/mol. The van der Waals surface area contributed by atoms with Crippen molar-refractivity contribution in [3.8, 4) is 0 Å². The predicted octanol–water partition coefficient (Wildman–Crippen LogP) is 4.47. The summed E-state index contributed by atoms with van der Waals surface area (Å²) in [4.78, 5) is 11.1. The predicted molar refractivity (Wildman–Crippen MR) is 69.7 cm³/mol. The Morgan fingerprint density at radius 3 is 2.53 bits per heavy atom. The maximum atomic E-state index is 14.2. The van der Waals surface area contributed by atoms with Crippen LogP contribution in [0.5, 0.6) is 0 Å². The van der Waals surface area contributed by atoms with Crippen LogP contribution in [0.1, 0.15) is 59.3 Å².